The summed E-state index contributed by atoms with van der Waals surface area (Å²) in [4.78, 5) is 3.40. The van der Waals surface area contributed by atoms with Crippen LogP contribution < -0.4 is 0 Å². The Labute approximate surface area is 96.9 Å². The summed E-state index contributed by atoms with van der Waals surface area (Å²) in [6.07, 6.45) is 7.77. The second-order valence-electron chi connectivity index (χ2n) is 5.26. The van der Waals surface area contributed by atoms with Gasteiger partial charge in [-0.3, -0.25) is 0 Å². The number of benzene rings is 1. The van der Waals surface area contributed by atoms with E-state index >= 15 is 0 Å². The zero-order chi connectivity index (χ0) is 11.0. The van der Waals surface area contributed by atoms with Crippen LogP contribution in [0.4, 0.5) is 0 Å². The molecule has 1 nitrogen and oxygen atoms in total. The number of nitrogens with one attached hydrogen (secondary N) is 1. The number of hydrogen-bond donors (Lipinski definition) is 1. The van der Waals surface area contributed by atoms with E-state index in [1.807, 2.05) is 0 Å². The number of fused-ring (bicyclic) bond motifs is 1. The first-order chi connectivity index (χ1) is 7.84. The number of para-hydroxylation sites is 1. The highest BCUT2D eigenvalue weighted by atomic mass is 14.7. The number of aromatic amines is 1. The Morgan fingerprint density at radius 2 is 2.06 bits per heavy atom. The molecule has 2 atom stereocenters. The molecule has 0 aliphatic heterocycles. The molecule has 1 N–H and O–H groups in total. The Morgan fingerprint density at radius 3 is 2.94 bits per heavy atom. The van der Waals surface area contributed by atoms with Crippen molar-refractivity contribution in [2.75, 3.05) is 0 Å². The van der Waals surface area contributed by atoms with Crippen LogP contribution in [-0.2, 0) is 0 Å². The standard InChI is InChI=1S/C15H19N/c1-11-5-4-6-12(9-11)14-10-16-15-8-3-2-7-13(14)15/h2-3,7-8,10-12,16H,4-6,9H2,1H3/t11-,12?/m1/s1. The lowest BCUT2D eigenvalue weighted by Gasteiger charge is -2.26. The fourth-order valence-electron chi connectivity index (χ4n) is 3.15. The molecule has 16 heavy (non-hydrogen) atoms. The average Bonchev–Trinajstić information content (AvgIpc) is 2.72. The number of H-pyrrole nitrogens is 1. The van der Waals surface area contributed by atoms with Crippen molar-refractivity contribution in [1.29, 1.82) is 0 Å². The number of aromatic nitrogens is 1. The lowest BCUT2D eigenvalue weighted by Crippen LogP contribution is -2.11. The largest absolute Gasteiger partial charge is 0.361 e. The van der Waals surface area contributed by atoms with Crippen LogP contribution in [0.25, 0.3) is 10.9 Å². The third-order valence-electron chi connectivity index (χ3n) is 4.00. The maximum atomic E-state index is 3.40. The molecule has 1 saturated carbocycles. The van der Waals surface area contributed by atoms with Crippen molar-refractivity contribution in [2.45, 2.75) is 38.5 Å². The molecule has 1 fully saturated rings. The van der Waals surface area contributed by atoms with Gasteiger partial charge in [0, 0.05) is 17.1 Å². The van der Waals surface area contributed by atoms with E-state index in [1.165, 1.54) is 36.6 Å². The summed E-state index contributed by atoms with van der Waals surface area (Å²) >= 11 is 0. The van der Waals surface area contributed by atoms with Crippen molar-refractivity contribution >= 4 is 10.9 Å². The second kappa shape index (κ2) is 3.97. The SMILES string of the molecule is C[C@@H]1CCCC(c2c[nH]c3ccccc23)C1. The van der Waals surface area contributed by atoms with Crippen molar-refractivity contribution in [3.63, 3.8) is 0 Å². The van der Waals surface area contributed by atoms with Crippen molar-refractivity contribution in [1.82, 2.24) is 4.98 Å². The summed E-state index contributed by atoms with van der Waals surface area (Å²) in [6, 6.07) is 8.67. The highest BCUT2D eigenvalue weighted by molar-refractivity contribution is 5.83. The van der Waals surface area contributed by atoms with Crippen LogP contribution in [0.15, 0.2) is 30.5 Å². The monoisotopic (exact) mass is 213 g/mol. The van der Waals surface area contributed by atoms with E-state index in [-0.39, 0.29) is 0 Å². The molecule has 1 heterocycles. The Kier molecular flexibility index (Phi) is 2.47. The second-order valence-corrected chi connectivity index (χ2v) is 5.26. The lowest BCUT2D eigenvalue weighted by molar-refractivity contribution is 0.345. The molecule has 0 radical (unpaired) electrons. The van der Waals surface area contributed by atoms with Crippen LogP contribution in [0.2, 0.25) is 0 Å². The summed E-state index contributed by atoms with van der Waals surface area (Å²) in [5.74, 6) is 1.67. The van der Waals surface area contributed by atoms with Crippen molar-refractivity contribution in [2.24, 2.45) is 5.92 Å². The third kappa shape index (κ3) is 1.64. The van der Waals surface area contributed by atoms with Crippen LogP contribution in [0, 0.1) is 5.92 Å². The van der Waals surface area contributed by atoms with Crippen LogP contribution in [0.5, 0.6) is 0 Å². The smallest absolute Gasteiger partial charge is 0.0456 e. The van der Waals surface area contributed by atoms with Gasteiger partial charge in [-0.15, -0.1) is 0 Å². The molecule has 0 spiro atoms. The van der Waals surface area contributed by atoms with Crippen LogP contribution in [-0.4, -0.2) is 4.98 Å². The topological polar surface area (TPSA) is 15.8 Å². The van der Waals surface area contributed by atoms with E-state index in [0.717, 1.165) is 11.8 Å². The average molecular weight is 213 g/mol. The molecule has 0 amide bonds. The van der Waals surface area contributed by atoms with Gasteiger partial charge in [-0.05, 0) is 36.3 Å². The Balaban J connectivity index is 1.99. The lowest BCUT2D eigenvalue weighted by atomic mass is 9.79. The fourth-order valence-corrected chi connectivity index (χ4v) is 3.15. The summed E-state index contributed by atoms with van der Waals surface area (Å²) in [6.45, 7) is 2.39. The molecule has 1 aliphatic carbocycles. The zero-order valence-corrected chi connectivity index (χ0v) is 9.87. The predicted octanol–water partition coefficient (Wildman–Crippen LogP) is 4.46. The fraction of sp³-hybridized carbons (Fsp3) is 0.467. The highest BCUT2D eigenvalue weighted by Gasteiger charge is 2.22. The summed E-state index contributed by atoms with van der Waals surface area (Å²) in [7, 11) is 0. The molecule has 1 unspecified atom stereocenters. The Morgan fingerprint density at radius 1 is 1.19 bits per heavy atom. The summed E-state index contributed by atoms with van der Waals surface area (Å²) in [5, 5.41) is 1.43. The molecule has 0 bridgehead atoms. The molecular formula is C15H19N. The van der Waals surface area contributed by atoms with Gasteiger partial charge >= 0.3 is 0 Å². The van der Waals surface area contributed by atoms with Crippen molar-refractivity contribution in [3.8, 4) is 0 Å². The molecule has 1 aromatic carbocycles. The van der Waals surface area contributed by atoms with Gasteiger partial charge in [0.15, 0.2) is 0 Å². The first-order valence-corrected chi connectivity index (χ1v) is 6.40. The minimum absolute atomic E-state index is 0.778. The minimum atomic E-state index is 0.778. The maximum Gasteiger partial charge on any atom is 0.0456 e. The number of rotatable bonds is 1. The molecule has 84 valence electrons. The van der Waals surface area contributed by atoms with Gasteiger partial charge < -0.3 is 4.98 Å². The molecule has 3 rings (SSSR count). The van der Waals surface area contributed by atoms with Gasteiger partial charge in [0.1, 0.15) is 0 Å². The van der Waals surface area contributed by atoms with Gasteiger partial charge in [-0.1, -0.05) is 38.0 Å². The highest BCUT2D eigenvalue weighted by Crippen LogP contribution is 2.38. The quantitative estimate of drug-likeness (QED) is 0.719. The molecule has 2 aromatic rings. The zero-order valence-electron chi connectivity index (χ0n) is 9.87. The predicted molar refractivity (Wildman–Crippen MR) is 68.7 cm³/mol. The van der Waals surface area contributed by atoms with Crippen molar-refractivity contribution in [3.05, 3.63) is 36.0 Å². The van der Waals surface area contributed by atoms with Crippen LogP contribution >= 0.6 is 0 Å². The summed E-state index contributed by atoms with van der Waals surface area (Å²) < 4.78 is 0. The maximum absolute atomic E-state index is 3.40. The van der Waals surface area contributed by atoms with E-state index in [4.69, 9.17) is 0 Å². The van der Waals surface area contributed by atoms with Gasteiger partial charge in [-0.25, -0.2) is 0 Å². The molecular weight excluding hydrogens is 194 g/mol. The molecule has 0 saturated heterocycles. The Hall–Kier alpha value is -1.24. The van der Waals surface area contributed by atoms with Gasteiger partial charge in [-0.2, -0.15) is 0 Å². The number of hydrogen-bond acceptors (Lipinski definition) is 0. The normalized spacial score (nSPS) is 26.1. The van der Waals surface area contributed by atoms with E-state index < -0.39 is 0 Å². The van der Waals surface area contributed by atoms with Crippen molar-refractivity contribution < 1.29 is 0 Å². The van der Waals surface area contributed by atoms with E-state index in [0.29, 0.717) is 0 Å². The first kappa shape index (κ1) is 9.95. The van der Waals surface area contributed by atoms with E-state index in [9.17, 15) is 0 Å². The first-order valence-electron chi connectivity index (χ1n) is 6.40. The van der Waals surface area contributed by atoms with Crippen LogP contribution in [0.3, 0.4) is 0 Å². The van der Waals surface area contributed by atoms with Crippen LogP contribution in [0.1, 0.15) is 44.1 Å². The van der Waals surface area contributed by atoms with E-state index in [1.54, 1.807) is 5.56 Å². The van der Waals surface area contributed by atoms with Gasteiger partial charge in [0.05, 0.1) is 0 Å². The van der Waals surface area contributed by atoms with E-state index in [2.05, 4.69) is 42.4 Å². The minimum Gasteiger partial charge on any atom is -0.361 e. The molecule has 1 heteroatoms. The molecule has 1 aliphatic rings. The summed E-state index contributed by atoms with van der Waals surface area (Å²) in [5.41, 5.74) is 2.83. The molecule has 1 aromatic heterocycles. The van der Waals surface area contributed by atoms with Gasteiger partial charge in [0.25, 0.3) is 0 Å². The van der Waals surface area contributed by atoms with Gasteiger partial charge in [0.2, 0.25) is 0 Å². The third-order valence-corrected chi connectivity index (χ3v) is 4.00. The Bertz CT molecular complexity index is 483.